The summed E-state index contributed by atoms with van der Waals surface area (Å²) in [5, 5.41) is 6.97. The second kappa shape index (κ2) is 21.0. The number of nitroso groups, excluding NO2 is 1. The van der Waals surface area contributed by atoms with E-state index in [1.54, 1.807) is 0 Å². The van der Waals surface area contributed by atoms with Gasteiger partial charge in [-0.05, 0) is 56.9 Å². The third-order valence-electron chi connectivity index (χ3n) is 6.70. The van der Waals surface area contributed by atoms with Gasteiger partial charge in [0.1, 0.15) is 6.04 Å². The Morgan fingerprint density at radius 3 is 2.56 bits per heavy atom. The van der Waals surface area contributed by atoms with Gasteiger partial charge in [0, 0.05) is 18.4 Å². The zero-order valence-electron chi connectivity index (χ0n) is 24.7. The van der Waals surface area contributed by atoms with Crippen LogP contribution in [0.25, 0.3) is 0 Å². The summed E-state index contributed by atoms with van der Waals surface area (Å²) in [7, 11) is 0. The quantitative estimate of drug-likeness (QED) is 0.0400. The summed E-state index contributed by atoms with van der Waals surface area (Å²) >= 11 is 1.53. The molecule has 0 saturated carbocycles. The fraction of sp³-hybridized carbons (Fsp3) is 0.533. The number of rotatable bonds is 15. The Bertz CT molecular complexity index is 938. The van der Waals surface area contributed by atoms with Gasteiger partial charge in [0.25, 0.3) is 0 Å². The molecule has 0 bridgehead atoms. The van der Waals surface area contributed by atoms with Crippen molar-refractivity contribution in [2.45, 2.75) is 85.2 Å². The van der Waals surface area contributed by atoms with Crippen molar-refractivity contribution in [3.8, 4) is 0 Å². The van der Waals surface area contributed by atoms with E-state index in [0.29, 0.717) is 12.3 Å². The van der Waals surface area contributed by atoms with Crippen molar-refractivity contribution in [3.63, 3.8) is 0 Å². The molecule has 0 aromatic carbocycles. The predicted octanol–water partition coefficient (Wildman–Crippen LogP) is 6.51. The lowest BCUT2D eigenvalue weighted by molar-refractivity contribution is -0.128. The van der Waals surface area contributed by atoms with Gasteiger partial charge >= 0.3 is 0 Å². The number of carbonyl (C=O) groups excluding carboxylic acids is 1. The van der Waals surface area contributed by atoms with Gasteiger partial charge in [0.2, 0.25) is 5.91 Å². The molecule has 1 heterocycles. The minimum atomic E-state index is -0.473. The molecule has 8 nitrogen and oxygen atoms in total. The molecule has 39 heavy (non-hydrogen) atoms. The molecule has 218 valence electrons. The van der Waals surface area contributed by atoms with E-state index in [2.05, 4.69) is 62.1 Å². The lowest BCUT2D eigenvalue weighted by Gasteiger charge is -2.33. The summed E-state index contributed by atoms with van der Waals surface area (Å²) in [5.41, 5.74) is 3.15. The number of hydrogen-bond donors (Lipinski definition) is 3. The van der Waals surface area contributed by atoms with Crippen LogP contribution in [0.5, 0.6) is 0 Å². The molecule has 9 heteroatoms. The van der Waals surface area contributed by atoms with Crippen LogP contribution in [0.2, 0.25) is 0 Å². The first-order valence-corrected chi connectivity index (χ1v) is 14.9. The van der Waals surface area contributed by atoms with Gasteiger partial charge in [-0.2, -0.15) is 10.0 Å². The summed E-state index contributed by atoms with van der Waals surface area (Å²) in [4.78, 5) is 26.6. The highest BCUT2D eigenvalue weighted by molar-refractivity contribution is 8.03. The van der Waals surface area contributed by atoms with Crippen LogP contribution < -0.4 is 17.1 Å². The number of hydrazone groups is 1. The number of likely N-dealkylation sites (tertiary alicyclic amines) is 1. The topological polar surface area (TPSA) is 126 Å². The first-order valence-electron chi connectivity index (χ1n) is 13.7. The monoisotopic (exact) mass is 558 g/mol. The number of hydrazine groups is 1. The van der Waals surface area contributed by atoms with Gasteiger partial charge in [0.15, 0.2) is 5.84 Å². The average Bonchev–Trinajstić information content (AvgIpc) is 3.30. The SMILES string of the molecule is C=CCC=C(/C=C\C)C(C)(CC)C(/C=C/C1CCC(=O)N1CCC)N=O.CC/C=C/C=C(SC)/C(=N/N)NN. The molecule has 0 aromatic rings. The molecule has 0 aliphatic carbocycles. The van der Waals surface area contributed by atoms with Gasteiger partial charge in [-0.3, -0.25) is 4.79 Å². The van der Waals surface area contributed by atoms with Crippen LogP contribution >= 0.6 is 11.8 Å². The van der Waals surface area contributed by atoms with Gasteiger partial charge in [-0.15, -0.1) is 18.3 Å². The zero-order valence-corrected chi connectivity index (χ0v) is 25.5. The standard InChI is InChI=1S/C22H34N2O2.C8H16N4S/c1-6-10-12-18(11-7-2)22(5,9-4)20(23-26)15-13-19-14-16-21(25)24(19)17-8-3;1-3-4-5-6-7(13-2)8(11-9)12-10/h6-7,11-13,15,19-20H,1,8-10,14,16-17H2,2-5H3;4-6H,3,9-10H2,1-2H3,(H,11,12)/b11-7-,15-13+,18-12?;5-4+,7-6-. The fourth-order valence-corrected chi connectivity index (χ4v) is 4.78. The van der Waals surface area contributed by atoms with Gasteiger partial charge < -0.3 is 16.2 Å². The van der Waals surface area contributed by atoms with Crippen molar-refractivity contribution >= 4 is 23.5 Å². The molecule has 3 atom stereocenters. The fourth-order valence-electron chi connectivity index (χ4n) is 4.26. The van der Waals surface area contributed by atoms with E-state index >= 15 is 0 Å². The van der Waals surface area contributed by atoms with Crippen LogP contribution in [0.3, 0.4) is 0 Å². The minimum Gasteiger partial charge on any atom is -0.336 e. The van der Waals surface area contributed by atoms with E-state index in [1.807, 2.05) is 60.6 Å². The summed E-state index contributed by atoms with van der Waals surface area (Å²) in [6, 6.07) is -0.394. The van der Waals surface area contributed by atoms with Crippen LogP contribution in [0.1, 0.15) is 73.1 Å². The van der Waals surface area contributed by atoms with Crippen molar-refractivity contribution in [1.82, 2.24) is 10.3 Å². The summed E-state index contributed by atoms with van der Waals surface area (Å²) < 4.78 is 0. The first kappa shape index (κ1) is 36.1. The molecule has 1 saturated heterocycles. The van der Waals surface area contributed by atoms with Crippen LogP contribution in [-0.2, 0) is 4.79 Å². The number of allylic oxidation sites excluding steroid dienone is 7. The molecule has 1 fully saturated rings. The lowest BCUT2D eigenvalue weighted by Crippen LogP contribution is -2.34. The van der Waals surface area contributed by atoms with Crippen molar-refractivity contribution in [2.24, 2.45) is 27.4 Å². The second-order valence-electron chi connectivity index (χ2n) is 9.28. The van der Waals surface area contributed by atoms with Crippen molar-refractivity contribution in [3.05, 3.63) is 76.6 Å². The maximum absolute atomic E-state index is 12.0. The Labute approximate surface area is 240 Å². The summed E-state index contributed by atoms with van der Waals surface area (Å²) in [6.07, 6.45) is 24.7. The molecule has 1 aliphatic heterocycles. The number of nitrogens with one attached hydrogen (secondary N) is 1. The minimum absolute atomic E-state index is 0.0788. The molecule has 1 rings (SSSR count). The number of hydrogen-bond acceptors (Lipinski definition) is 7. The molecular weight excluding hydrogens is 508 g/mol. The van der Waals surface area contributed by atoms with Crippen molar-refractivity contribution in [2.75, 3.05) is 12.8 Å². The molecule has 0 radical (unpaired) electrons. The second-order valence-corrected chi connectivity index (χ2v) is 10.1. The highest BCUT2D eigenvalue weighted by Gasteiger charge is 2.36. The third kappa shape index (κ3) is 11.8. The van der Waals surface area contributed by atoms with Gasteiger partial charge in [-0.1, -0.05) is 81.5 Å². The molecular formula is C30H50N6O2S. The number of nitrogens with zero attached hydrogens (tertiary/aromatic N) is 3. The normalized spacial score (nSPS) is 19.4. The van der Waals surface area contributed by atoms with E-state index in [4.69, 9.17) is 11.7 Å². The first-order chi connectivity index (χ1) is 18.8. The molecule has 1 aliphatic rings. The van der Waals surface area contributed by atoms with E-state index in [0.717, 1.165) is 49.1 Å². The van der Waals surface area contributed by atoms with Gasteiger partial charge in [0.05, 0.1) is 10.9 Å². The lowest BCUT2D eigenvalue weighted by atomic mass is 9.72. The number of amidine groups is 1. The highest BCUT2D eigenvalue weighted by Crippen LogP contribution is 2.39. The maximum Gasteiger partial charge on any atom is 0.223 e. The number of thioether (sulfide) groups is 1. The van der Waals surface area contributed by atoms with Crippen LogP contribution in [-0.4, -0.2) is 41.5 Å². The Hall–Kier alpha value is -2.91. The molecule has 3 unspecified atom stereocenters. The maximum atomic E-state index is 12.0. The van der Waals surface area contributed by atoms with Crippen LogP contribution in [0.15, 0.2) is 82.0 Å². The largest absolute Gasteiger partial charge is 0.336 e. The van der Waals surface area contributed by atoms with Crippen LogP contribution in [0, 0.1) is 10.3 Å². The molecule has 0 spiro atoms. The Morgan fingerprint density at radius 2 is 2.08 bits per heavy atom. The zero-order chi connectivity index (χ0) is 29.7. The molecule has 5 N–H and O–H groups in total. The third-order valence-corrected chi connectivity index (χ3v) is 7.47. The predicted molar refractivity (Wildman–Crippen MR) is 170 cm³/mol. The molecule has 0 aromatic heterocycles. The summed E-state index contributed by atoms with van der Waals surface area (Å²) in [6.45, 7) is 14.8. The highest BCUT2D eigenvalue weighted by atomic mass is 32.2. The number of amides is 1. The van der Waals surface area contributed by atoms with Crippen molar-refractivity contribution < 1.29 is 4.79 Å². The summed E-state index contributed by atoms with van der Waals surface area (Å²) in [5.74, 6) is 11.1. The molecule has 1 amide bonds. The van der Waals surface area contributed by atoms with Crippen molar-refractivity contribution in [1.29, 1.82) is 0 Å². The number of carbonyl (C=O) groups is 1. The van der Waals surface area contributed by atoms with E-state index < -0.39 is 6.04 Å². The Kier molecular flexibility index (Phi) is 19.4. The van der Waals surface area contributed by atoms with Crippen LogP contribution in [0.4, 0.5) is 0 Å². The number of nitrogens with two attached hydrogens (primary N) is 2. The Morgan fingerprint density at radius 1 is 1.36 bits per heavy atom. The van der Waals surface area contributed by atoms with E-state index in [-0.39, 0.29) is 17.4 Å². The average molecular weight is 559 g/mol. The van der Waals surface area contributed by atoms with Gasteiger partial charge in [-0.25, -0.2) is 5.84 Å². The Balaban J connectivity index is 0.000000935. The smallest absolute Gasteiger partial charge is 0.223 e. The van der Waals surface area contributed by atoms with E-state index in [9.17, 15) is 9.70 Å². The van der Waals surface area contributed by atoms with E-state index in [1.165, 1.54) is 11.8 Å².